The third-order valence-corrected chi connectivity index (χ3v) is 3.87. The molecule has 1 saturated carbocycles. The van der Waals surface area contributed by atoms with Crippen molar-refractivity contribution < 1.29 is 0 Å². The third kappa shape index (κ3) is 3.95. The fourth-order valence-corrected chi connectivity index (χ4v) is 2.29. The topological polar surface area (TPSA) is 42.3 Å². The summed E-state index contributed by atoms with van der Waals surface area (Å²) in [7, 11) is 2.17. The Labute approximate surface area is 105 Å². The molecule has 1 N–H and O–H groups in total. The number of nitrogens with one attached hydrogen (secondary N) is 1. The molecule has 0 radical (unpaired) electrons. The molecule has 1 heterocycles. The van der Waals surface area contributed by atoms with Gasteiger partial charge in [0.1, 0.15) is 5.54 Å². The zero-order chi connectivity index (χ0) is 12.3. The van der Waals surface area contributed by atoms with Crippen LogP contribution in [0.5, 0.6) is 0 Å². The van der Waals surface area contributed by atoms with Crippen molar-refractivity contribution in [1.29, 1.82) is 5.26 Å². The monoisotopic (exact) mass is 236 g/mol. The van der Waals surface area contributed by atoms with Crippen LogP contribution in [0.15, 0.2) is 0 Å². The lowest BCUT2D eigenvalue weighted by Gasteiger charge is -2.34. The Morgan fingerprint density at radius 2 is 1.94 bits per heavy atom. The lowest BCUT2D eigenvalue weighted by atomic mass is 9.99. The summed E-state index contributed by atoms with van der Waals surface area (Å²) in [6.45, 7) is 7.67. The van der Waals surface area contributed by atoms with Crippen LogP contribution in [0.4, 0.5) is 0 Å². The highest BCUT2D eigenvalue weighted by Gasteiger charge is 2.32. The van der Waals surface area contributed by atoms with Crippen molar-refractivity contribution in [2.75, 3.05) is 39.8 Å². The van der Waals surface area contributed by atoms with Crippen molar-refractivity contribution in [1.82, 2.24) is 15.1 Å². The Balaban J connectivity index is 1.73. The summed E-state index contributed by atoms with van der Waals surface area (Å²) in [5.74, 6) is 0. The molecule has 1 atom stereocenters. The molecule has 0 aromatic rings. The highest BCUT2D eigenvalue weighted by molar-refractivity contribution is 5.07. The summed E-state index contributed by atoms with van der Waals surface area (Å²) in [6, 6.07) is 3.05. The van der Waals surface area contributed by atoms with Crippen LogP contribution in [-0.4, -0.2) is 61.2 Å². The third-order valence-electron chi connectivity index (χ3n) is 3.87. The average molecular weight is 236 g/mol. The second-order valence-corrected chi connectivity index (χ2v) is 5.76. The van der Waals surface area contributed by atoms with Gasteiger partial charge in [-0.05, 0) is 33.2 Å². The van der Waals surface area contributed by atoms with Gasteiger partial charge in [-0.3, -0.25) is 5.32 Å². The van der Waals surface area contributed by atoms with E-state index < -0.39 is 0 Å². The molecule has 0 aromatic carbocycles. The first kappa shape index (κ1) is 12.8. The predicted octanol–water partition coefficient (Wildman–Crippen LogP) is 0.658. The first-order valence-electron chi connectivity index (χ1n) is 6.71. The smallest absolute Gasteiger partial charge is 0.105 e. The van der Waals surface area contributed by atoms with Crippen molar-refractivity contribution in [2.45, 2.75) is 37.8 Å². The van der Waals surface area contributed by atoms with Gasteiger partial charge in [-0.1, -0.05) is 0 Å². The number of hydrogen-bond donors (Lipinski definition) is 1. The average Bonchev–Trinajstić information content (AvgIpc) is 3.12. The molecule has 1 saturated heterocycles. The van der Waals surface area contributed by atoms with E-state index in [4.69, 9.17) is 0 Å². The minimum Gasteiger partial charge on any atom is -0.304 e. The molecule has 1 aliphatic carbocycles. The quantitative estimate of drug-likeness (QED) is 0.761. The number of likely N-dealkylation sites (N-methyl/N-ethyl adjacent to an activating group) is 1. The maximum Gasteiger partial charge on any atom is 0.105 e. The molecule has 17 heavy (non-hydrogen) atoms. The SMILES string of the molecule is CN1CCN(CCC(C)(C#N)NC2CC2)CC1. The van der Waals surface area contributed by atoms with Gasteiger partial charge >= 0.3 is 0 Å². The number of nitriles is 1. The zero-order valence-corrected chi connectivity index (χ0v) is 11.1. The summed E-state index contributed by atoms with van der Waals surface area (Å²) in [6.07, 6.45) is 3.42. The fourth-order valence-electron chi connectivity index (χ4n) is 2.29. The summed E-state index contributed by atoms with van der Waals surface area (Å²) >= 11 is 0. The van der Waals surface area contributed by atoms with Gasteiger partial charge in [0.15, 0.2) is 0 Å². The van der Waals surface area contributed by atoms with Crippen LogP contribution in [0.1, 0.15) is 26.2 Å². The zero-order valence-electron chi connectivity index (χ0n) is 11.1. The van der Waals surface area contributed by atoms with Crippen molar-refractivity contribution in [3.05, 3.63) is 0 Å². The molecule has 0 aromatic heterocycles. The molecule has 4 heteroatoms. The first-order valence-corrected chi connectivity index (χ1v) is 6.71. The van der Waals surface area contributed by atoms with Crippen LogP contribution in [0.2, 0.25) is 0 Å². The molecule has 2 fully saturated rings. The van der Waals surface area contributed by atoms with Gasteiger partial charge in [0, 0.05) is 38.8 Å². The van der Waals surface area contributed by atoms with Gasteiger partial charge in [-0.2, -0.15) is 5.26 Å². The molecule has 2 rings (SSSR count). The maximum absolute atomic E-state index is 9.29. The molecular weight excluding hydrogens is 212 g/mol. The molecule has 0 amide bonds. The van der Waals surface area contributed by atoms with Crippen LogP contribution in [0, 0.1) is 11.3 Å². The van der Waals surface area contributed by atoms with Gasteiger partial charge in [0.2, 0.25) is 0 Å². The van der Waals surface area contributed by atoms with E-state index in [1.165, 1.54) is 12.8 Å². The van der Waals surface area contributed by atoms with Crippen LogP contribution in [0.25, 0.3) is 0 Å². The molecule has 1 unspecified atom stereocenters. The largest absolute Gasteiger partial charge is 0.304 e. The van der Waals surface area contributed by atoms with E-state index in [1.807, 2.05) is 6.92 Å². The van der Waals surface area contributed by atoms with E-state index in [2.05, 4.69) is 28.2 Å². The Bertz CT molecular complexity index is 286. The van der Waals surface area contributed by atoms with E-state index in [0.717, 1.165) is 39.1 Å². The molecular formula is C13H24N4. The van der Waals surface area contributed by atoms with Crippen molar-refractivity contribution in [3.8, 4) is 6.07 Å². The minimum absolute atomic E-state index is 0.329. The maximum atomic E-state index is 9.29. The number of nitrogens with zero attached hydrogens (tertiary/aromatic N) is 3. The van der Waals surface area contributed by atoms with Crippen LogP contribution >= 0.6 is 0 Å². The summed E-state index contributed by atoms with van der Waals surface area (Å²) in [5, 5.41) is 12.8. The van der Waals surface area contributed by atoms with Crippen molar-refractivity contribution in [3.63, 3.8) is 0 Å². The van der Waals surface area contributed by atoms with Gasteiger partial charge < -0.3 is 9.80 Å². The van der Waals surface area contributed by atoms with Crippen LogP contribution in [-0.2, 0) is 0 Å². The summed E-state index contributed by atoms with van der Waals surface area (Å²) < 4.78 is 0. The van der Waals surface area contributed by atoms with Crippen LogP contribution < -0.4 is 5.32 Å². The van der Waals surface area contributed by atoms with Crippen molar-refractivity contribution in [2.24, 2.45) is 0 Å². The lowest BCUT2D eigenvalue weighted by molar-refractivity contribution is 0.145. The second kappa shape index (κ2) is 5.34. The Morgan fingerprint density at radius 1 is 1.29 bits per heavy atom. The normalized spacial score (nSPS) is 26.4. The number of hydrogen-bond acceptors (Lipinski definition) is 4. The van der Waals surface area contributed by atoms with Gasteiger partial charge in [-0.25, -0.2) is 0 Å². The Hall–Kier alpha value is -0.630. The Kier molecular flexibility index (Phi) is 4.03. The highest BCUT2D eigenvalue weighted by atomic mass is 15.2. The van der Waals surface area contributed by atoms with E-state index in [0.29, 0.717) is 6.04 Å². The van der Waals surface area contributed by atoms with E-state index >= 15 is 0 Å². The number of rotatable bonds is 5. The molecule has 0 spiro atoms. The standard InChI is InChI=1S/C13H24N4/c1-13(11-14,15-12-3-4-12)5-6-17-9-7-16(2)8-10-17/h12,15H,3-10H2,1-2H3. The van der Waals surface area contributed by atoms with E-state index in [-0.39, 0.29) is 5.54 Å². The second-order valence-electron chi connectivity index (χ2n) is 5.76. The predicted molar refractivity (Wildman–Crippen MR) is 68.7 cm³/mol. The van der Waals surface area contributed by atoms with Crippen LogP contribution in [0.3, 0.4) is 0 Å². The summed E-state index contributed by atoms with van der Waals surface area (Å²) in [4.78, 5) is 4.84. The molecule has 4 nitrogen and oxygen atoms in total. The minimum atomic E-state index is -0.329. The van der Waals surface area contributed by atoms with E-state index in [1.54, 1.807) is 0 Å². The van der Waals surface area contributed by atoms with Gasteiger partial charge in [0.25, 0.3) is 0 Å². The lowest BCUT2D eigenvalue weighted by Crippen LogP contribution is -2.49. The molecule has 0 bridgehead atoms. The molecule has 96 valence electrons. The van der Waals surface area contributed by atoms with Crippen molar-refractivity contribution >= 4 is 0 Å². The first-order chi connectivity index (χ1) is 8.11. The Morgan fingerprint density at radius 3 is 2.47 bits per heavy atom. The van der Waals surface area contributed by atoms with Gasteiger partial charge in [-0.15, -0.1) is 0 Å². The van der Waals surface area contributed by atoms with Gasteiger partial charge in [0.05, 0.1) is 6.07 Å². The number of piperazine rings is 1. The highest BCUT2D eigenvalue weighted by Crippen LogP contribution is 2.23. The molecule has 1 aliphatic heterocycles. The molecule has 2 aliphatic rings. The summed E-state index contributed by atoms with van der Waals surface area (Å²) in [5.41, 5.74) is -0.329. The fraction of sp³-hybridized carbons (Fsp3) is 0.923. The van der Waals surface area contributed by atoms with E-state index in [9.17, 15) is 5.26 Å².